The van der Waals surface area contributed by atoms with Crippen LogP contribution in [-0.2, 0) is 26.2 Å². The zero-order chi connectivity index (χ0) is 26.1. The van der Waals surface area contributed by atoms with Crippen LogP contribution in [-0.4, -0.2) is 44.3 Å². The number of carbonyl (C=O) groups excluding carboxylic acids is 2. The third-order valence-corrected chi connectivity index (χ3v) is 7.78. The fourth-order valence-electron chi connectivity index (χ4n) is 4.03. The molecule has 3 rings (SSSR count). The molecule has 0 saturated heterocycles. The number of likely N-dealkylation sites (N-methyl/N-ethyl adjacent to an activating group) is 1. The predicted octanol–water partition coefficient (Wildman–Crippen LogP) is 4.13. The van der Waals surface area contributed by atoms with Gasteiger partial charge in [-0.15, -0.1) is 0 Å². The number of amides is 2. The standard InChI is InChI=1S/C28H33N3O4S/c1-4-26(28(33)29-5-2)30(20-23-15-13-12-14-22(23)3)27(32)21-31(24-16-8-6-9-17-24)36(34,35)25-18-10-7-11-19-25/h6-19,26H,4-5,20-21H2,1-3H3,(H,29,33). The van der Waals surface area contributed by atoms with Gasteiger partial charge < -0.3 is 10.2 Å². The molecule has 0 aromatic heterocycles. The van der Waals surface area contributed by atoms with E-state index in [-0.39, 0.29) is 17.3 Å². The number of nitrogens with one attached hydrogen (secondary N) is 1. The third-order valence-electron chi connectivity index (χ3n) is 5.99. The lowest BCUT2D eigenvalue weighted by Gasteiger charge is -2.33. The van der Waals surface area contributed by atoms with Crippen molar-refractivity contribution in [2.75, 3.05) is 17.4 Å². The van der Waals surface area contributed by atoms with Gasteiger partial charge in [0.05, 0.1) is 10.6 Å². The average Bonchev–Trinajstić information content (AvgIpc) is 2.89. The summed E-state index contributed by atoms with van der Waals surface area (Å²) in [5.74, 6) is -0.723. The van der Waals surface area contributed by atoms with E-state index in [0.717, 1.165) is 15.4 Å². The van der Waals surface area contributed by atoms with Gasteiger partial charge in [-0.1, -0.05) is 67.6 Å². The van der Waals surface area contributed by atoms with E-state index in [4.69, 9.17) is 0 Å². The number of rotatable bonds is 11. The van der Waals surface area contributed by atoms with Crippen LogP contribution in [0.15, 0.2) is 89.8 Å². The number of sulfonamides is 1. The quantitative estimate of drug-likeness (QED) is 0.423. The first-order valence-electron chi connectivity index (χ1n) is 12.0. The summed E-state index contributed by atoms with van der Waals surface area (Å²) in [5, 5.41) is 2.81. The van der Waals surface area contributed by atoms with E-state index in [0.29, 0.717) is 18.7 Å². The smallest absolute Gasteiger partial charge is 0.264 e. The molecule has 0 aliphatic rings. The second-order valence-corrected chi connectivity index (χ2v) is 10.3. The summed E-state index contributed by atoms with van der Waals surface area (Å²) in [6.07, 6.45) is 0.389. The number of aryl methyl sites for hydroxylation is 1. The van der Waals surface area contributed by atoms with Crippen LogP contribution in [0.1, 0.15) is 31.4 Å². The molecule has 0 aliphatic heterocycles. The van der Waals surface area contributed by atoms with Gasteiger partial charge in [0, 0.05) is 13.1 Å². The van der Waals surface area contributed by atoms with Crippen molar-refractivity contribution in [2.45, 2.75) is 44.7 Å². The molecule has 0 bridgehead atoms. The van der Waals surface area contributed by atoms with Crippen LogP contribution in [0.2, 0.25) is 0 Å². The number of para-hydroxylation sites is 1. The highest BCUT2D eigenvalue weighted by Gasteiger charge is 2.33. The summed E-state index contributed by atoms with van der Waals surface area (Å²) in [6.45, 7) is 5.79. The minimum atomic E-state index is -4.04. The fourth-order valence-corrected chi connectivity index (χ4v) is 5.46. The summed E-state index contributed by atoms with van der Waals surface area (Å²) in [4.78, 5) is 28.4. The van der Waals surface area contributed by atoms with Crippen LogP contribution in [0.4, 0.5) is 5.69 Å². The lowest BCUT2D eigenvalue weighted by molar-refractivity contribution is -0.140. The molecular formula is C28H33N3O4S. The van der Waals surface area contributed by atoms with Gasteiger partial charge in [0.15, 0.2) is 0 Å². The van der Waals surface area contributed by atoms with Crippen molar-refractivity contribution in [1.82, 2.24) is 10.2 Å². The second-order valence-electron chi connectivity index (χ2n) is 8.43. The largest absolute Gasteiger partial charge is 0.355 e. The molecular weight excluding hydrogens is 474 g/mol. The summed E-state index contributed by atoms with van der Waals surface area (Å²) in [5.41, 5.74) is 2.25. The van der Waals surface area contributed by atoms with Crippen molar-refractivity contribution in [1.29, 1.82) is 0 Å². The number of nitrogens with zero attached hydrogens (tertiary/aromatic N) is 2. The fraction of sp³-hybridized carbons (Fsp3) is 0.286. The average molecular weight is 508 g/mol. The van der Waals surface area contributed by atoms with E-state index in [9.17, 15) is 18.0 Å². The van der Waals surface area contributed by atoms with Crippen molar-refractivity contribution >= 4 is 27.5 Å². The molecule has 0 radical (unpaired) electrons. The zero-order valence-corrected chi connectivity index (χ0v) is 21.7. The molecule has 0 aliphatic carbocycles. The van der Waals surface area contributed by atoms with Gasteiger partial charge in [-0.25, -0.2) is 8.42 Å². The first kappa shape index (κ1) is 26.9. The van der Waals surface area contributed by atoms with E-state index < -0.39 is 28.5 Å². The molecule has 8 heteroatoms. The van der Waals surface area contributed by atoms with Crippen LogP contribution in [0.25, 0.3) is 0 Å². The molecule has 190 valence electrons. The molecule has 3 aromatic rings. The highest BCUT2D eigenvalue weighted by molar-refractivity contribution is 7.92. The van der Waals surface area contributed by atoms with Gasteiger partial charge in [0.1, 0.15) is 12.6 Å². The van der Waals surface area contributed by atoms with Crippen molar-refractivity contribution < 1.29 is 18.0 Å². The van der Waals surface area contributed by atoms with Gasteiger partial charge in [0.2, 0.25) is 11.8 Å². The maximum atomic E-state index is 13.9. The second kappa shape index (κ2) is 12.4. The Morgan fingerprint density at radius 1 is 0.861 bits per heavy atom. The predicted molar refractivity (Wildman–Crippen MR) is 142 cm³/mol. The van der Waals surface area contributed by atoms with E-state index in [1.807, 2.05) is 45.0 Å². The number of carbonyl (C=O) groups is 2. The summed E-state index contributed by atoms with van der Waals surface area (Å²) < 4.78 is 28.4. The Labute approximate surface area is 213 Å². The normalized spacial score (nSPS) is 12.0. The van der Waals surface area contributed by atoms with Crippen molar-refractivity contribution in [2.24, 2.45) is 0 Å². The van der Waals surface area contributed by atoms with Gasteiger partial charge >= 0.3 is 0 Å². The van der Waals surface area contributed by atoms with Crippen molar-refractivity contribution in [3.63, 3.8) is 0 Å². The Morgan fingerprint density at radius 3 is 2.03 bits per heavy atom. The maximum absolute atomic E-state index is 13.9. The Balaban J connectivity index is 2.03. The molecule has 36 heavy (non-hydrogen) atoms. The highest BCUT2D eigenvalue weighted by atomic mass is 32.2. The van der Waals surface area contributed by atoms with E-state index in [1.54, 1.807) is 48.5 Å². The van der Waals surface area contributed by atoms with Crippen molar-refractivity contribution in [3.05, 3.63) is 96.1 Å². The van der Waals surface area contributed by atoms with Crippen LogP contribution < -0.4 is 9.62 Å². The molecule has 2 amide bonds. The molecule has 7 nitrogen and oxygen atoms in total. The molecule has 1 unspecified atom stereocenters. The molecule has 0 heterocycles. The number of anilines is 1. The third kappa shape index (κ3) is 6.31. The lowest BCUT2D eigenvalue weighted by atomic mass is 10.1. The van der Waals surface area contributed by atoms with Gasteiger partial charge in [-0.05, 0) is 55.7 Å². The highest BCUT2D eigenvalue weighted by Crippen LogP contribution is 2.24. The minimum Gasteiger partial charge on any atom is -0.355 e. The van der Waals surface area contributed by atoms with Gasteiger partial charge in [0.25, 0.3) is 10.0 Å². The van der Waals surface area contributed by atoms with E-state index >= 15 is 0 Å². The van der Waals surface area contributed by atoms with E-state index in [2.05, 4.69) is 5.32 Å². The van der Waals surface area contributed by atoms with Crippen LogP contribution in [0, 0.1) is 6.92 Å². The van der Waals surface area contributed by atoms with Crippen LogP contribution in [0.3, 0.4) is 0 Å². The monoisotopic (exact) mass is 507 g/mol. The molecule has 0 spiro atoms. The maximum Gasteiger partial charge on any atom is 0.264 e. The lowest BCUT2D eigenvalue weighted by Crippen LogP contribution is -2.52. The zero-order valence-electron chi connectivity index (χ0n) is 20.9. The molecule has 0 saturated carbocycles. The first-order valence-corrected chi connectivity index (χ1v) is 13.5. The Bertz CT molecular complexity index is 1260. The first-order chi connectivity index (χ1) is 17.3. The number of hydrogen-bond acceptors (Lipinski definition) is 4. The SMILES string of the molecule is CCNC(=O)C(CC)N(Cc1ccccc1C)C(=O)CN(c1ccccc1)S(=O)(=O)c1ccccc1. The summed E-state index contributed by atoms with van der Waals surface area (Å²) >= 11 is 0. The van der Waals surface area contributed by atoms with Crippen molar-refractivity contribution in [3.8, 4) is 0 Å². The van der Waals surface area contributed by atoms with Gasteiger partial charge in [-0.2, -0.15) is 0 Å². The van der Waals surface area contributed by atoms with Crippen LogP contribution in [0.5, 0.6) is 0 Å². The molecule has 1 N–H and O–H groups in total. The Kier molecular flexibility index (Phi) is 9.25. The number of benzene rings is 3. The molecule has 3 aromatic carbocycles. The molecule has 1 atom stereocenters. The number of hydrogen-bond donors (Lipinski definition) is 1. The summed E-state index contributed by atoms with van der Waals surface area (Å²) in [7, 11) is -4.04. The Morgan fingerprint density at radius 2 is 1.44 bits per heavy atom. The Hall–Kier alpha value is -3.65. The molecule has 0 fully saturated rings. The van der Waals surface area contributed by atoms with Crippen LogP contribution >= 0.6 is 0 Å². The minimum absolute atomic E-state index is 0.0860. The summed E-state index contributed by atoms with van der Waals surface area (Å²) in [6, 6.07) is 23.5. The topological polar surface area (TPSA) is 86.8 Å². The van der Waals surface area contributed by atoms with E-state index in [1.165, 1.54) is 17.0 Å². The van der Waals surface area contributed by atoms with Gasteiger partial charge in [-0.3, -0.25) is 13.9 Å².